The zero-order valence-corrected chi connectivity index (χ0v) is 9.71. The quantitative estimate of drug-likeness (QED) is 0.696. The van der Waals surface area contributed by atoms with Gasteiger partial charge in [-0.15, -0.1) is 0 Å². The van der Waals surface area contributed by atoms with Crippen molar-refractivity contribution in [3.05, 3.63) is 35.4 Å². The molecule has 0 amide bonds. The van der Waals surface area contributed by atoms with Gasteiger partial charge in [-0.25, -0.2) is 0 Å². The Bertz CT molecular complexity index is 380. The first-order valence-electron chi connectivity index (χ1n) is 6.36. The monoisotopic (exact) mass is 216 g/mol. The van der Waals surface area contributed by atoms with Gasteiger partial charge in [-0.2, -0.15) is 0 Å². The average Bonchev–Trinajstić information content (AvgIpc) is 2.36. The van der Waals surface area contributed by atoms with Crippen molar-refractivity contribution in [2.75, 3.05) is 13.1 Å². The molecule has 2 aliphatic rings. The fourth-order valence-corrected chi connectivity index (χ4v) is 3.42. The standard InChI is InChI=1S/C14H20N2/c15-13-12-4-2-1-3-11(12)5-6-14(13)7-9-16-10-8-14/h1-4,13,16H,5-10,15H2. The highest BCUT2D eigenvalue weighted by atomic mass is 14.9. The minimum absolute atomic E-state index is 0.250. The molecule has 0 radical (unpaired) electrons. The number of nitrogens with two attached hydrogens (primary N) is 1. The maximum Gasteiger partial charge on any atom is 0.0355 e. The zero-order valence-electron chi connectivity index (χ0n) is 9.71. The van der Waals surface area contributed by atoms with Crippen molar-refractivity contribution in [2.45, 2.75) is 31.7 Å². The van der Waals surface area contributed by atoms with Crippen LogP contribution in [0.2, 0.25) is 0 Å². The van der Waals surface area contributed by atoms with E-state index in [0.29, 0.717) is 5.41 Å². The van der Waals surface area contributed by atoms with Crippen LogP contribution in [0.1, 0.15) is 36.4 Å². The molecule has 0 bridgehead atoms. The molecule has 1 aromatic rings. The predicted molar refractivity (Wildman–Crippen MR) is 66.2 cm³/mol. The summed E-state index contributed by atoms with van der Waals surface area (Å²) in [6.45, 7) is 2.27. The lowest BCUT2D eigenvalue weighted by atomic mass is 9.63. The van der Waals surface area contributed by atoms with E-state index >= 15 is 0 Å². The van der Waals surface area contributed by atoms with E-state index in [2.05, 4.69) is 29.6 Å². The van der Waals surface area contributed by atoms with E-state index in [9.17, 15) is 0 Å². The van der Waals surface area contributed by atoms with Gasteiger partial charge >= 0.3 is 0 Å². The maximum absolute atomic E-state index is 6.53. The van der Waals surface area contributed by atoms with Crippen LogP contribution in [0.4, 0.5) is 0 Å². The van der Waals surface area contributed by atoms with Crippen LogP contribution in [0.25, 0.3) is 0 Å². The van der Waals surface area contributed by atoms with Crippen LogP contribution >= 0.6 is 0 Å². The Morgan fingerprint density at radius 2 is 1.88 bits per heavy atom. The van der Waals surface area contributed by atoms with Crippen molar-refractivity contribution >= 4 is 0 Å². The second-order valence-electron chi connectivity index (χ2n) is 5.29. The van der Waals surface area contributed by atoms with Crippen molar-refractivity contribution in [3.63, 3.8) is 0 Å². The molecule has 1 aliphatic heterocycles. The molecule has 1 heterocycles. The van der Waals surface area contributed by atoms with E-state index in [1.54, 1.807) is 0 Å². The van der Waals surface area contributed by atoms with E-state index in [1.165, 1.54) is 36.8 Å². The Morgan fingerprint density at radius 3 is 2.69 bits per heavy atom. The number of piperidine rings is 1. The SMILES string of the molecule is NC1c2ccccc2CCC12CCNCC2. The summed E-state index contributed by atoms with van der Waals surface area (Å²) in [6, 6.07) is 8.97. The summed E-state index contributed by atoms with van der Waals surface area (Å²) in [5, 5.41) is 3.45. The number of nitrogens with one attached hydrogen (secondary N) is 1. The first-order chi connectivity index (χ1) is 7.82. The summed E-state index contributed by atoms with van der Waals surface area (Å²) in [6.07, 6.45) is 4.96. The molecule has 2 heteroatoms. The molecule has 1 spiro atoms. The Hall–Kier alpha value is -0.860. The van der Waals surface area contributed by atoms with Gasteiger partial charge in [0.05, 0.1) is 0 Å². The highest BCUT2D eigenvalue weighted by Crippen LogP contribution is 2.48. The molecule has 1 saturated heterocycles. The van der Waals surface area contributed by atoms with Crippen molar-refractivity contribution in [1.82, 2.24) is 5.32 Å². The number of rotatable bonds is 0. The number of aryl methyl sites for hydroxylation is 1. The second kappa shape index (κ2) is 3.86. The van der Waals surface area contributed by atoms with Crippen molar-refractivity contribution < 1.29 is 0 Å². The lowest BCUT2D eigenvalue weighted by Gasteiger charge is -2.46. The average molecular weight is 216 g/mol. The van der Waals surface area contributed by atoms with Gasteiger partial charge in [-0.3, -0.25) is 0 Å². The maximum atomic E-state index is 6.53. The third kappa shape index (κ3) is 1.48. The topological polar surface area (TPSA) is 38.0 Å². The lowest BCUT2D eigenvalue weighted by Crippen LogP contribution is -2.46. The van der Waals surface area contributed by atoms with E-state index < -0.39 is 0 Å². The Kier molecular flexibility index (Phi) is 2.49. The molecule has 1 atom stereocenters. The fraction of sp³-hybridized carbons (Fsp3) is 0.571. The number of hydrogen-bond acceptors (Lipinski definition) is 2. The number of benzene rings is 1. The summed E-state index contributed by atoms with van der Waals surface area (Å²) in [5.41, 5.74) is 9.77. The number of fused-ring (bicyclic) bond motifs is 1. The minimum Gasteiger partial charge on any atom is -0.323 e. The molecule has 2 nitrogen and oxygen atoms in total. The molecule has 1 aliphatic carbocycles. The van der Waals surface area contributed by atoms with E-state index in [1.807, 2.05) is 0 Å². The smallest absolute Gasteiger partial charge is 0.0355 e. The van der Waals surface area contributed by atoms with Crippen LogP contribution in [0.5, 0.6) is 0 Å². The van der Waals surface area contributed by atoms with Crippen LogP contribution in [0.15, 0.2) is 24.3 Å². The first kappa shape index (κ1) is 10.3. The van der Waals surface area contributed by atoms with Crippen molar-refractivity contribution in [1.29, 1.82) is 0 Å². The van der Waals surface area contributed by atoms with Crippen molar-refractivity contribution in [2.24, 2.45) is 11.1 Å². The molecule has 3 rings (SSSR count). The minimum atomic E-state index is 0.250. The van der Waals surface area contributed by atoms with Crippen LogP contribution in [0.3, 0.4) is 0 Å². The molecule has 1 aromatic carbocycles. The Balaban J connectivity index is 1.96. The van der Waals surface area contributed by atoms with Gasteiger partial charge in [-0.1, -0.05) is 24.3 Å². The van der Waals surface area contributed by atoms with Crippen LogP contribution in [-0.2, 0) is 6.42 Å². The van der Waals surface area contributed by atoms with Gasteiger partial charge in [0, 0.05) is 6.04 Å². The van der Waals surface area contributed by atoms with Gasteiger partial charge in [0.15, 0.2) is 0 Å². The first-order valence-corrected chi connectivity index (χ1v) is 6.36. The molecular formula is C14H20N2. The molecule has 3 N–H and O–H groups in total. The molecule has 86 valence electrons. The normalized spacial score (nSPS) is 27.7. The predicted octanol–water partition coefficient (Wildman–Crippen LogP) is 2.00. The van der Waals surface area contributed by atoms with E-state index in [-0.39, 0.29) is 6.04 Å². The van der Waals surface area contributed by atoms with E-state index in [4.69, 9.17) is 5.73 Å². The van der Waals surface area contributed by atoms with Gasteiger partial charge in [-0.05, 0) is 55.3 Å². The molecule has 0 saturated carbocycles. The summed E-state index contributed by atoms with van der Waals surface area (Å²) < 4.78 is 0. The van der Waals surface area contributed by atoms with Gasteiger partial charge < -0.3 is 11.1 Å². The molecule has 1 fully saturated rings. The largest absolute Gasteiger partial charge is 0.323 e. The van der Waals surface area contributed by atoms with Crippen molar-refractivity contribution in [3.8, 4) is 0 Å². The molecule has 0 aromatic heterocycles. The second-order valence-corrected chi connectivity index (χ2v) is 5.29. The highest BCUT2D eigenvalue weighted by Gasteiger charge is 2.41. The van der Waals surface area contributed by atoms with Gasteiger partial charge in [0.2, 0.25) is 0 Å². The van der Waals surface area contributed by atoms with Gasteiger partial charge in [0.1, 0.15) is 0 Å². The van der Waals surface area contributed by atoms with Gasteiger partial charge in [0.25, 0.3) is 0 Å². The summed E-state index contributed by atoms with van der Waals surface area (Å²) in [7, 11) is 0. The fourth-order valence-electron chi connectivity index (χ4n) is 3.42. The Labute approximate surface area is 97.2 Å². The van der Waals surface area contributed by atoms with Crippen LogP contribution < -0.4 is 11.1 Å². The number of hydrogen-bond donors (Lipinski definition) is 2. The molecule has 16 heavy (non-hydrogen) atoms. The summed E-state index contributed by atoms with van der Waals surface area (Å²) in [4.78, 5) is 0. The summed E-state index contributed by atoms with van der Waals surface area (Å²) in [5.74, 6) is 0. The molecule has 1 unspecified atom stereocenters. The lowest BCUT2D eigenvalue weighted by molar-refractivity contribution is 0.131. The highest BCUT2D eigenvalue weighted by molar-refractivity contribution is 5.34. The summed E-state index contributed by atoms with van der Waals surface area (Å²) >= 11 is 0. The zero-order chi connectivity index (χ0) is 11.0. The third-order valence-electron chi connectivity index (χ3n) is 4.54. The van der Waals surface area contributed by atoms with E-state index in [0.717, 1.165) is 13.1 Å². The van der Waals surface area contributed by atoms with Crippen LogP contribution in [0, 0.1) is 5.41 Å². The third-order valence-corrected chi connectivity index (χ3v) is 4.54. The Morgan fingerprint density at radius 1 is 1.12 bits per heavy atom. The molecular weight excluding hydrogens is 196 g/mol. The van der Waals surface area contributed by atoms with Crippen LogP contribution in [-0.4, -0.2) is 13.1 Å².